The van der Waals surface area contributed by atoms with Gasteiger partial charge in [-0.2, -0.15) is 0 Å². The number of carbonyl (C=O) groups is 2. The van der Waals surface area contributed by atoms with E-state index in [9.17, 15) is 9.59 Å². The van der Waals surface area contributed by atoms with E-state index in [0.717, 1.165) is 5.56 Å². The number of ketones is 1. The first-order chi connectivity index (χ1) is 11.1. The molecule has 0 saturated heterocycles. The van der Waals surface area contributed by atoms with E-state index >= 15 is 0 Å². The Labute approximate surface area is 134 Å². The average Bonchev–Trinajstić information content (AvgIpc) is 2.58. The van der Waals surface area contributed by atoms with Crippen molar-refractivity contribution in [3.63, 3.8) is 0 Å². The van der Waals surface area contributed by atoms with Crippen LogP contribution < -0.4 is 5.32 Å². The fourth-order valence-corrected chi connectivity index (χ4v) is 1.74. The summed E-state index contributed by atoms with van der Waals surface area (Å²) in [5.74, 6) is 5.55. The van der Waals surface area contributed by atoms with Crippen LogP contribution in [0, 0.1) is 11.8 Å². The third kappa shape index (κ3) is 5.64. The molecule has 0 radical (unpaired) electrons. The molecule has 1 aromatic carbocycles. The van der Waals surface area contributed by atoms with Gasteiger partial charge in [0.1, 0.15) is 6.61 Å². The summed E-state index contributed by atoms with van der Waals surface area (Å²) >= 11 is 0. The molecule has 0 aliphatic rings. The molecule has 0 unspecified atom stereocenters. The lowest BCUT2D eigenvalue weighted by Gasteiger charge is -2.04. The van der Waals surface area contributed by atoms with Gasteiger partial charge in [0.05, 0.1) is 6.54 Å². The van der Waals surface area contributed by atoms with Crippen molar-refractivity contribution in [1.82, 2.24) is 10.3 Å². The Kier molecular flexibility index (Phi) is 5.89. The van der Waals surface area contributed by atoms with Crippen LogP contribution in [0.1, 0.15) is 28.4 Å². The topological polar surface area (TPSA) is 68.3 Å². The molecule has 23 heavy (non-hydrogen) atoms. The van der Waals surface area contributed by atoms with Gasteiger partial charge in [-0.1, -0.05) is 42.2 Å². The zero-order valence-electron chi connectivity index (χ0n) is 12.7. The van der Waals surface area contributed by atoms with E-state index in [1.807, 2.05) is 30.3 Å². The van der Waals surface area contributed by atoms with Crippen molar-refractivity contribution < 1.29 is 14.3 Å². The maximum atomic E-state index is 11.5. The second-order valence-corrected chi connectivity index (χ2v) is 4.74. The number of pyridine rings is 1. The lowest BCUT2D eigenvalue weighted by Crippen LogP contribution is -2.24. The van der Waals surface area contributed by atoms with Crippen LogP contribution in [-0.2, 0) is 11.3 Å². The molecular formula is C18H16N2O3. The van der Waals surface area contributed by atoms with Crippen molar-refractivity contribution in [2.24, 2.45) is 0 Å². The molecule has 0 saturated carbocycles. The predicted molar refractivity (Wildman–Crippen MR) is 85.7 cm³/mol. The molecule has 0 aliphatic carbocycles. The summed E-state index contributed by atoms with van der Waals surface area (Å²) in [6, 6.07) is 11.1. The molecule has 2 rings (SSSR count). The van der Waals surface area contributed by atoms with Gasteiger partial charge < -0.3 is 10.1 Å². The molecule has 1 N–H and O–H groups in total. The summed E-state index contributed by atoms with van der Waals surface area (Å²) in [5.41, 5.74) is 2.05. The number of carbonyl (C=O) groups excluding carboxylic acids is 2. The number of amides is 1. The molecule has 5 nitrogen and oxygen atoms in total. The highest BCUT2D eigenvalue weighted by atomic mass is 16.5. The Balaban J connectivity index is 1.78. The zero-order chi connectivity index (χ0) is 16.5. The minimum absolute atomic E-state index is 0.0660. The third-order valence-electron chi connectivity index (χ3n) is 2.91. The van der Waals surface area contributed by atoms with E-state index in [0.29, 0.717) is 11.1 Å². The number of Topliss-reactive ketones (excluding diaryl/α,β-unsaturated/α-hetero) is 1. The van der Waals surface area contributed by atoms with Crippen molar-refractivity contribution in [3.8, 4) is 11.8 Å². The second kappa shape index (κ2) is 8.35. The normalized spacial score (nSPS) is 9.43. The van der Waals surface area contributed by atoms with Crippen LogP contribution in [0.4, 0.5) is 4.79 Å². The molecular weight excluding hydrogens is 292 g/mol. The predicted octanol–water partition coefficient (Wildman–Crippen LogP) is 2.56. The lowest BCUT2D eigenvalue weighted by molar-refractivity contribution is 0.101. The number of benzene rings is 1. The van der Waals surface area contributed by atoms with Gasteiger partial charge in [-0.3, -0.25) is 9.78 Å². The molecule has 0 bridgehead atoms. The maximum absolute atomic E-state index is 11.5. The number of alkyl carbamates (subject to hydrolysis) is 1. The van der Waals surface area contributed by atoms with E-state index in [2.05, 4.69) is 22.1 Å². The quantitative estimate of drug-likeness (QED) is 0.696. The Morgan fingerprint density at radius 2 is 2.00 bits per heavy atom. The molecule has 2 aromatic rings. The van der Waals surface area contributed by atoms with Crippen LogP contribution in [0.5, 0.6) is 0 Å². The second-order valence-electron chi connectivity index (χ2n) is 4.74. The SMILES string of the molecule is CC(=O)c1cncc(C#CCNC(=O)OCc2ccccc2)c1. The highest BCUT2D eigenvalue weighted by molar-refractivity contribution is 5.94. The molecule has 0 spiro atoms. The molecule has 1 amide bonds. The van der Waals surface area contributed by atoms with Crippen LogP contribution in [0.25, 0.3) is 0 Å². The van der Waals surface area contributed by atoms with E-state index in [-0.39, 0.29) is 18.9 Å². The molecule has 1 heterocycles. The largest absolute Gasteiger partial charge is 0.445 e. The molecule has 5 heteroatoms. The van der Waals surface area contributed by atoms with E-state index in [1.54, 1.807) is 12.3 Å². The Morgan fingerprint density at radius 3 is 2.74 bits per heavy atom. The van der Waals surface area contributed by atoms with Crippen molar-refractivity contribution >= 4 is 11.9 Å². The summed E-state index contributed by atoms with van der Waals surface area (Å²) in [6.07, 6.45) is 2.53. The fraction of sp³-hybridized carbons (Fsp3) is 0.167. The van der Waals surface area contributed by atoms with Crippen molar-refractivity contribution in [2.75, 3.05) is 6.54 Å². The van der Waals surface area contributed by atoms with Crippen LogP contribution >= 0.6 is 0 Å². The monoisotopic (exact) mass is 308 g/mol. The number of nitrogens with one attached hydrogen (secondary N) is 1. The number of aromatic nitrogens is 1. The number of hydrogen-bond acceptors (Lipinski definition) is 4. The van der Waals surface area contributed by atoms with Crippen molar-refractivity contribution in [1.29, 1.82) is 0 Å². The van der Waals surface area contributed by atoms with Gasteiger partial charge in [0.15, 0.2) is 5.78 Å². The minimum atomic E-state index is -0.529. The average molecular weight is 308 g/mol. The van der Waals surface area contributed by atoms with Crippen LogP contribution in [-0.4, -0.2) is 23.4 Å². The van der Waals surface area contributed by atoms with Crippen LogP contribution in [0.2, 0.25) is 0 Å². The first-order valence-electron chi connectivity index (χ1n) is 7.04. The number of hydrogen-bond donors (Lipinski definition) is 1. The number of ether oxygens (including phenoxy) is 1. The summed E-state index contributed by atoms with van der Waals surface area (Å²) in [4.78, 5) is 26.7. The number of nitrogens with zero attached hydrogens (tertiary/aromatic N) is 1. The van der Waals surface area contributed by atoms with E-state index in [1.165, 1.54) is 13.1 Å². The van der Waals surface area contributed by atoms with Gasteiger partial charge in [-0.15, -0.1) is 0 Å². The molecule has 116 valence electrons. The first-order valence-corrected chi connectivity index (χ1v) is 7.04. The lowest BCUT2D eigenvalue weighted by atomic mass is 10.1. The standard InChI is InChI=1S/C18H16N2O3/c1-14(21)17-10-16(11-19-12-17)8-5-9-20-18(22)23-13-15-6-3-2-4-7-15/h2-4,6-7,10-12H,9,13H2,1H3,(H,20,22). The maximum Gasteiger partial charge on any atom is 0.408 e. The van der Waals surface area contributed by atoms with Crippen LogP contribution in [0.3, 0.4) is 0 Å². The smallest absolute Gasteiger partial charge is 0.408 e. The molecule has 0 aliphatic heterocycles. The van der Waals surface area contributed by atoms with Gasteiger partial charge in [-0.25, -0.2) is 4.79 Å². The summed E-state index contributed by atoms with van der Waals surface area (Å²) in [6.45, 7) is 1.83. The van der Waals surface area contributed by atoms with Gasteiger partial charge in [-0.05, 0) is 18.6 Å². The van der Waals surface area contributed by atoms with E-state index in [4.69, 9.17) is 4.74 Å². The first kappa shape index (κ1) is 16.2. The van der Waals surface area contributed by atoms with Crippen LogP contribution in [0.15, 0.2) is 48.8 Å². The Morgan fingerprint density at radius 1 is 1.22 bits per heavy atom. The minimum Gasteiger partial charge on any atom is -0.445 e. The van der Waals surface area contributed by atoms with Gasteiger partial charge in [0, 0.05) is 23.5 Å². The van der Waals surface area contributed by atoms with Crippen molar-refractivity contribution in [2.45, 2.75) is 13.5 Å². The van der Waals surface area contributed by atoms with Gasteiger partial charge >= 0.3 is 6.09 Å². The summed E-state index contributed by atoms with van der Waals surface area (Å²) < 4.78 is 5.06. The van der Waals surface area contributed by atoms with Crippen molar-refractivity contribution in [3.05, 3.63) is 65.5 Å². The zero-order valence-corrected chi connectivity index (χ0v) is 12.7. The van der Waals surface area contributed by atoms with Gasteiger partial charge in [0.2, 0.25) is 0 Å². The third-order valence-corrected chi connectivity index (χ3v) is 2.91. The van der Waals surface area contributed by atoms with E-state index < -0.39 is 6.09 Å². The summed E-state index contributed by atoms with van der Waals surface area (Å²) in [5, 5.41) is 2.54. The molecule has 0 atom stereocenters. The molecule has 1 aromatic heterocycles. The highest BCUT2D eigenvalue weighted by Crippen LogP contribution is 2.02. The fourth-order valence-electron chi connectivity index (χ4n) is 1.74. The Bertz CT molecular complexity index is 746. The number of rotatable bonds is 4. The Hall–Kier alpha value is -3.13. The van der Waals surface area contributed by atoms with Gasteiger partial charge in [0.25, 0.3) is 0 Å². The highest BCUT2D eigenvalue weighted by Gasteiger charge is 2.01. The molecule has 0 fully saturated rings. The summed E-state index contributed by atoms with van der Waals surface area (Å²) in [7, 11) is 0.